The van der Waals surface area contributed by atoms with Crippen molar-refractivity contribution in [2.75, 3.05) is 12.8 Å². The van der Waals surface area contributed by atoms with Crippen LogP contribution in [-0.4, -0.2) is 29.5 Å². The standard InChI is InChI=1S/C13H26N2OS.ClH/c1-4-13(5-2,17-3)9-15-12(16)10-7-6-8-11(10)14;/h10-11H,4-9,14H2,1-3H3,(H,15,16);1H. The summed E-state index contributed by atoms with van der Waals surface area (Å²) in [7, 11) is 0. The summed E-state index contributed by atoms with van der Waals surface area (Å²) in [6.45, 7) is 5.14. The Morgan fingerprint density at radius 2 is 2.00 bits per heavy atom. The Kier molecular flexibility index (Phi) is 8.31. The molecule has 0 aromatic rings. The van der Waals surface area contributed by atoms with Gasteiger partial charge in [0.05, 0.1) is 5.92 Å². The number of carbonyl (C=O) groups excluding carboxylic acids is 1. The number of amides is 1. The van der Waals surface area contributed by atoms with Crippen LogP contribution in [0.15, 0.2) is 0 Å². The average Bonchev–Trinajstić information content (AvgIpc) is 2.78. The lowest BCUT2D eigenvalue weighted by molar-refractivity contribution is -0.125. The van der Waals surface area contributed by atoms with E-state index in [0.717, 1.165) is 38.6 Å². The molecule has 1 rings (SSSR count). The third-order valence-electron chi connectivity index (χ3n) is 4.21. The molecule has 5 heteroatoms. The fourth-order valence-electron chi connectivity index (χ4n) is 2.55. The largest absolute Gasteiger partial charge is 0.354 e. The van der Waals surface area contributed by atoms with Crippen molar-refractivity contribution in [1.82, 2.24) is 5.32 Å². The van der Waals surface area contributed by atoms with E-state index in [4.69, 9.17) is 5.73 Å². The van der Waals surface area contributed by atoms with Crippen molar-refractivity contribution >= 4 is 30.1 Å². The highest BCUT2D eigenvalue weighted by Crippen LogP contribution is 2.30. The summed E-state index contributed by atoms with van der Waals surface area (Å²) >= 11 is 1.86. The van der Waals surface area contributed by atoms with Crippen LogP contribution in [0.3, 0.4) is 0 Å². The summed E-state index contributed by atoms with van der Waals surface area (Å²) in [5.41, 5.74) is 5.95. The van der Waals surface area contributed by atoms with Crippen LogP contribution in [0.1, 0.15) is 46.0 Å². The molecular weight excluding hydrogens is 268 g/mol. The predicted molar refractivity (Wildman–Crippen MR) is 82.4 cm³/mol. The van der Waals surface area contributed by atoms with Crippen LogP contribution in [-0.2, 0) is 4.79 Å². The van der Waals surface area contributed by atoms with Crippen LogP contribution in [0.4, 0.5) is 0 Å². The molecule has 18 heavy (non-hydrogen) atoms. The number of hydrogen-bond acceptors (Lipinski definition) is 3. The van der Waals surface area contributed by atoms with E-state index in [9.17, 15) is 4.79 Å². The summed E-state index contributed by atoms with van der Waals surface area (Å²) in [5, 5.41) is 3.11. The zero-order valence-corrected chi connectivity index (χ0v) is 13.3. The van der Waals surface area contributed by atoms with Gasteiger partial charge in [0, 0.05) is 17.3 Å². The third-order valence-corrected chi connectivity index (χ3v) is 5.80. The topological polar surface area (TPSA) is 55.1 Å². The predicted octanol–water partition coefficient (Wildman–Crippen LogP) is 2.57. The van der Waals surface area contributed by atoms with Crippen LogP contribution in [0.25, 0.3) is 0 Å². The van der Waals surface area contributed by atoms with Gasteiger partial charge in [-0.1, -0.05) is 20.3 Å². The molecule has 0 heterocycles. The second-order valence-corrected chi connectivity index (χ2v) is 6.29. The fraction of sp³-hybridized carbons (Fsp3) is 0.923. The van der Waals surface area contributed by atoms with Crippen molar-refractivity contribution in [3.05, 3.63) is 0 Å². The molecule has 3 nitrogen and oxygen atoms in total. The lowest BCUT2D eigenvalue weighted by atomic mass is 10.00. The zero-order chi connectivity index (χ0) is 12.9. The molecule has 0 aromatic carbocycles. The number of thioether (sulfide) groups is 1. The number of carbonyl (C=O) groups is 1. The Bertz CT molecular complexity index is 251. The normalized spacial score (nSPS) is 23.6. The molecule has 1 saturated carbocycles. The maximum Gasteiger partial charge on any atom is 0.224 e. The van der Waals surface area contributed by atoms with Gasteiger partial charge in [0.1, 0.15) is 0 Å². The molecule has 0 aliphatic heterocycles. The van der Waals surface area contributed by atoms with E-state index in [2.05, 4.69) is 25.4 Å². The summed E-state index contributed by atoms with van der Waals surface area (Å²) in [6.07, 6.45) is 7.34. The minimum Gasteiger partial charge on any atom is -0.354 e. The van der Waals surface area contributed by atoms with Gasteiger partial charge < -0.3 is 11.1 Å². The number of hydrogen-bond donors (Lipinski definition) is 2. The van der Waals surface area contributed by atoms with Crippen molar-refractivity contribution in [3.63, 3.8) is 0 Å². The molecule has 1 fully saturated rings. The van der Waals surface area contributed by atoms with E-state index in [1.165, 1.54) is 0 Å². The molecule has 1 aliphatic rings. The van der Waals surface area contributed by atoms with E-state index < -0.39 is 0 Å². The number of halogens is 1. The van der Waals surface area contributed by atoms with Crippen LogP contribution >= 0.6 is 24.2 Å². The van der Waals surface area contributed by atoms with Gasteiger partial charge in [0.25, 0.3) is 0 Å². The lowest BCUT2D eigenvalue weighted by Crippen LogP contribution is -2.44. The first-order chi connectivity index (χ1) is 8.08. The van der Waals surface area contributed by atoms with Gasteiger partial charge in [0.15, 0.2) is 0 Å². The Hall–Kier alpha value is 0.0700. The van der Waals surface area contributed by atoms with Gasteiger partial charge in [-0.05, 0) is 31.9 Å². The van der Waals surface area contributed by atoms with Crippen LogP contribution < -0.4 is 11.1 Å². The molecule has 0 bridgehead atoms. The molecular formula is C13H27ClN2OS. The Morgan fingerprint density at radius 3 is 2.39 bits per heavy atom. The SMILES string of the molecule is CCC(CC)(CNC(=O)C1CCCC1N)SC.Cl. The molecule has 2 unspecified atom stereocenters. The smallest absolute Gasteiger partial charge is 0.224 e. The van der Waals surface area contributed by atoms with Crippen molar-refractivity contribution in [1.29, 1.82) is 0 Å². The van der Waals surface area contributed by atoms with Crippen LogP contribution in [0.2, 0.25) is 0 Å². The highest BCUT2D eigenvalue weighted by atomic mass is 35.5. The highest BCUT2D eigenvalue weighted by Gasteiger charge is 2.32. The molecule has 1 amide bonds. The van der Waals surface area contributed by atoms with Gasteiger partial charge in [-0.15, -0.1) is 12.4 Å². The first-order valence-corrected chi connectivity index (χ1v) is 7.89. The zero-order valence-electron chi connectivity index (χ0n) is 11.7. The van der Waals surface area contributed by atoms with E-state index >= 15 is 0 Å². The Balaban J connectivity index is 0.00000289. The van der Waals surface area contributed by atoms with Gasteiger partial charge in [-0.2, -0.15) is 11.8 Å². The minimum atomic E-state index is 0. The fourth-order valence-corrected chi connectivity index (χ4v) is 3.35. The molecule has 2 atom stereocenters. The minimum absolute atomic E-state index is 0. The van der Waals surface area contributed by atoms with Crippen molar-refractivity contribution in [3.8, 4) is 0 Å². The number of nitrogens with one attached hydrogen (secondary N) is 1. The summed E-state index contributed by atoms with van der Waals surface area (Å²) in [6, 6.07) is 0.0712. The van der Waals surface area contributed by atoms with E-state index in [1.807, 2.05) is 11.8 Å². The maximum absolute atomic E-state index is 12.0. The molecule has 0 saturated heterocycles. The number of rotatable bonds is 6. The van der Waals surface area contributed by atoms with Gasteiger partial charge in [-0.3, -0.25) is 4.79 Å². The summed E-state index contributed by atoms with van der Waals surface area (Å²) < 4.78 is 0.193. The van der Waals surface area contributed by atoms with E-state index in [1.54, 1.807) is 0 Å². The molecule has 108 valence electrons. The second-order valence-electron chi connectivity index (χ2n) is 5.01. The molecule has 0 spiro atoms. The van der Waals surface area contributed by atoms with Crippen molar-refractivity contribution in [2.24, 2.45) is 11.7 Å². The summed E-state index contributed by atoms with van der Waals surface area (Å²) in [5.74, 6) is 0.207. The average molecular weight is 295 g/mol. The molecule has 0 radical (unpaired) electrons. The van der Waals surface area contributed by atoms with Gasteiger partial charge in [0.2, 0.25) is 5.91 Å². The lowest BCUT2D eigenvalue weighted by Gasteiger charge is -2.30. The van der Waals surface area contributed by atoms with Crippen LogP contribution in [0.5, 0.6) is 0 Å². The molecule has 0 aromatic heterocycles. The quantitative estimate of drug-likeness (QED) is 0.792. The third kappa shape index (κ3) is 4.32. The first kappa shape index (κ1) is 18.1. The van der Waals surface area contributed by atoms with E-state index in [-0.39, 0.29) is 35.0 Å². The highest BCUT2D eigenvalue weighted by molar-refractivity contribution is 8.00. The first-order valence-electron chi connectivity index (χ1n) is 6.67. The number of nitrogens with two attached hydrogens (primary N) is 1. The molecule has 3 N–H and O–H groups in total. The van der Waals surface area contributed by atoms with Crippen molar-refractivity contribution in [2.45, 2.75) is 56.7 Å². The monoisotopic (exact) mass is 294 g/mol. The Labute approximate surface area is 121 Å². The van der Waals surface area contributed by atoms with Gasteiger partial charge in [-0.25, -0.2) is 0 Å². The second kappa shape index (κ2) is 8.28. The Morgan fingerprint density at radius 1 is 1.39 bits per heavy atom. The van der Waals surface area contributed by atoms with Gasteiger partial charge >= 0.3 is 0 Å². The van der Waals surface area contributed by atoms with Crippen LogP contribution in [0, 0.1) is 5.92 Å². The van der Waals surface area contributed by atoms with E-state index in [0.29, 0.717) is 0 Å². The summed E-state index contributed by atoms with van der Waals surface area (Å²) in [4.78, 5) is 12.0. The molecule has 1 aliphatic carbocycles. The maximum atomic E-state index is 12.0. The van der Waals surface area contributed by atoms with Crippen molar-refractivity contribution < 1.29 is 4.79 Å².